The van der Waals surface area contributed by atoms with Crippen molar-refractivity contribution in [2.45, 2.75) is 31.5 Å². The number of nitrogens with one attached hydrogen (secondary N) is 1. The van der Waals surface area contributed by atoms with Gasteiger partial charge in [-0.2, -0.15) is 0 Å². The van der Waals surface area contributed by atoms with Crippen molar-refractivity contribution >= 4 is 6.08 Å². The Hall–Kier alpha value is -2.04. The van der Waals surface area contributed by atoms with Gasteiger partial charge in [0, 0.05) is 55.6 Å². The fourth-order valence-corrected chi connectivity index (χ4v) is 3.89. The molecular formula is C19H22N4. The number of rotatable bonds is 4. The third-order valence-electron chi connectivity index (χ3n) is 4.91. The number of piperidine rings is 1. The van der Waals surface area contributed by atoms with Crippen LogP contribution in [0.5, 0.6) is 0 Å². The number of piperazine rings is 1. The van der Waals surface area contributed by atoms with Gasteiger partial charge >= 0.3 is 0 Å². The second-order valence-corrected chi connectivity index (χ2v) is 6.51. The molecule has 4 heteroatoms. The number of hydrogen-bond donors (Lipinski definition) is 1. The van der Waals surface area contributed by atoms with E-state index in [1.165, 1.54) is 16.7 Å². The smallest absolute Gasteiger partial charge is 0.115 e. The predicted molar refractivity (Wildman–Crippen MR) is 91.9 cm³/mol. The zero-order valence-electron chi connectivity index (χ0n) is 13.4. The van der Waals surface area contributed by atoms with Crippen LogP contribution < -0.4 is 5.32 Å². The zero-order chi connectivity index (χ0) is 15.6. The molecule has 0 saturated carbocycles. The standard InChI is InChI=1S/C19H22N4/c1-2-3-14-4-6-16(7-5-14)19-17-11-23(12-18(19)22-17)10-15-8-20-13-21-9-15/h2-9,13,17-19,22H,10-12H2,1H3/b3-2+/t17-,18+,19?. The summed E-state index contributed by atoms with van der Waals surface area (Å²) in [6.07, 6.45) is 9.65. The minimum atomic E-state index is 0.561. The molecule has 3 aliphatic rings. The Morgan fingerprint density at radius 2 is 1.83 bits per heavy atom. The second-order valence-electron chi connectivity index (χ2n) is 6.51. The number of aromatic nitrogens is 2. The van der Waals surface area contributed by atoms with Crippen molar-refractivity contribution in [3.05, 3.63) is 65.8 Å². The van der Waals surface area contributed by atoms with E-state index in [2.05, 4.69) is 63.5 Å². The minimum Gasteiger partial charge on any atom is -0.307 e. The van der Waals surface area contributed by atoms with Crippen molar-refractivity contribution in [3.63, 3.8) is 0 Å². The van der Waals surface area contributed by atoms with Gasteiger partial charge in [-0.05, 0) is 18.1 Å². The largest absolute Gasteiger partial charge is 0.307 e. The summed E-state index contributed by atoms with van der Waals surface area (Å²) in [7, 11) is 0. The van der Waals surface area contributed by atoms with Gasteiger partial charge < -0.3 is 5.32 Å². The van der Waals surface area contributed by atoms with Crippen LogP contribution in [0.4, 0.5) is 0 Å². The first-order valence-electron chi connectivity index (χ1n) is 8.28. The molecule has 1 aromatic heterocycles. The molecule has 23 heavy (non-hydrogen) atoms. The average Bonchev–Trinajstić information content (AvgIpc) is 2.58. The molecule has 3 aliphatic heterocycles. The van der Waals surface area contributed by atoms with Gasteiger partial charge in [0.15, 0.2) is 0 Å². The summed E-state index contributed by atoms with van der Waals surface area (Å²) < 4.78 is 0. The van der Waals surface area contributed by atoms with Gasteiger partial charge in [-0.3, -0.25) is 4.90 Å². The van der Waals surface area contributed by atoms with Gasteiger partial charge in [-0.25, -0.2) is 9.97 Å². The molecule has 2 aromatic rings. The van der Waals surface area contributed by atoms with Gasteiger partial charge in [0.1, 0.15) is 6.33 Å². The van der Waals surface area contributed by atoms with E-state index in [0.717, 1.165) is 19.6 Å². The molecule has 4 heterocycles. The van der Waals surface area contributed by atoms with E-state index in [4.69, 9.17) is 0 Å². The van der Waals surface area contributed by atoms with Gasteiger partial charge in [0.25, 0.3) is 0 Å². The second kappa shape index (κ2) is 6.22. The van der Waals surface area contributed by atoms with E-state index < -0.39 is 0 Å². The van der Waals surface area contributed by atoms with Gasteiger partial charge in [-0.1, -0.05) is 36.4 Å². The van der Waals surface area contributed by atoms with Crippen LogP contribution in [0.1, 0.15) is 29.5 Å². The molecule has 0 spiro atoms. The average molecular weight is 306 g/mol. The summed E-state index contributed by atoms with van der Waals surface area (Å²) in [6, 6.07) is 10.2. The molecule has 118 valence electrons. The van der Waals surface area contributed by atoms with Crippen molar-refractivity contribution in [2.24, 2.45) is 0 Å². The Kier molecular flexibility index (Phi) is 3.93. The lowest BCUT2D eigenvalue weighted by Crippen LogP contribution is -2.71. The lowest BCUT2D eigenvalue weighted by atomic mass is 9.74. The van der Waals surface area contributed by atoms with Crippen LogP contribution in [0.25, 0.3) is 6.08 Å². The predicted octanol–water partition coefficient (Wildman–Crippen LogP) is 2.45. The van der Waals surface area contributed by atoms with Crippen LogP contribution in [0.2, 0.25) is 0 Å². The highest BCUT2D eigenvalue weighted by atomic mass is 15.3. The molecule has 0 radical (unpaired) electrons. The first-order chi connectivity index (χ1) is 11.3. The maximum atomic E-state index is 4.11. The third-order valence-corrected chi connectivity index (χ3v) is 4.91. The number of benzene rings is 1. The monoisotopic (exact) mass is 306 g/mol. The van der Waals surface area contributed by atoms with Crippen molar-refractivity contribution < 1.29 is 0 Å². The first kappa shape index (κ1) is 14.5. The van der Waals surface area contributed by atoms with Crippen LogP contribution >= 0.6 is 0 Å². The van der Waals surface area contributed by atoms with Crippen molar-refractivity contribution in [3.8, 4) is 0 Å². The lowest BCUT2D eigenvalue weighted by molar-refractivity contribution is 0.0469. The van der Waals surface area contributed by atoms with Crippen LogP contribution in [-0.2, 0) is 6.54 Å². The van der Waals surface area contributed by atoms with E-state index in [1.54, 1.807) is 6.33 Å². The van der Waals surface area contributed by atoms with Crippen LogP contribution in [0, 0.1) is 0 Å². The highest BCUT2D eigenvalue weighted by molar-refractivity contribution is 5.50. The molecule has 5 rings (SSSR count). The quantitative estimate of drug-likeness (QED) is 0.942. The molecule has 4 nitrogen and oxygen atoms in total. The van der Waals surface area contributed by atoms with Crippen molar-refractivity contribution in [1.29, 1.82) is 0 Å². The number of hydrogen-bond acceptors (Lipinski definition) is 4. The summed E-state index contributed by atoms with van der Waals surface area (Å²) >= 11 is 0. The number of allylic oxidation sites excluding steroid dienone is 1. The van der Waals surface area contributed by atoms with E-state index in [1.807, 2.05) is 12.4 Å². The van der Waals surface area contributed by atoms with Gasteiger partial charge in [0.2, 0.25) is 0 Å². The van der Waals surface area contributed by atoms with Crippen molar-refractivity contribution in [1.82, 2.24) is 20.2 Å². The van der Waals surface area contributed by atoms with Gasteiger partial charge in [0.05, 0.1) is 0 Å². The third kappa shape index (κ3) is 2.92. The van der Waals surface area contributed by atoms with E-state index in [0.29, 0.717) is 18.0 Å². The van der Waals surface area contributed by atoms with E-state index >= 15 is 0 Å². The van der Waals surface area contributed by atoms with Gasteiger partial charge in [-0.15, -0.1) is 0 Å². The minimum absolute atomic E-state index is 0.561. The van der Waals surface area contributed by atoms with E-state index in [-0.39, 0.29) is 0 Å². The fourth-order valence-electron chi connectivity index (χ4n) is 3.89. The molecule has 2 bridgehead atoms. The Bertz CT molecular complexity index is 668. The summed E-state index contributed by atoms with van der Waals surface area (Å²) in [5.74, 6) is 0.651. The lowest BCUT2D eigenvalue weighted by Gasteiger charge is -2.55. The first-order valence-corrected chi connectivity index (χ1v) is 8.28. The van der Waals surface area contributed by atoms with Crippen LogP contribution in [0.15, 0.2) is 49.1 Å². The molecular weight excluding hydrogens is 284 g/mol. The topological polar surface area (TPSA) is 41.1 Å². The Morgan fingerprint density at radius 1 is 1.13 bits per heavy atom. The normalized spacial score (nSPS) is 27.1. The highest BCUT2D eigenvalue weighted by Gasteiger charge is 2.46. The van der Waals surface area contributed by atoms with Crippen molar-refractivity contribution in [2.75, 3.05) is 13.1 Å². The number of fused-ring (bicyclic) bond motifs is 2. The Balaban J connectivity index is 1.41. The molecule has 0 amide bonds. The Labute approximate surface area is 137 Å². The zero-order valence-corrected chi connectivity index (χ0v) is 13.4. The summed E-state index contributed by atoms with van der Waals surface area (Å²) in [6.45, 7) is 5.18. The summed E-state index contributed by atoms with van der Waals surface area (Å²) in [5.41, 5.74) is 3.94. The number of nitrogens with zero attached hydrogens (tertiary/aromatic N) is 3. The van der Waals surface area contributed by atoms with Crippen LogP contribution in [-0.4, -0.2) is 40.0 Å². The maximum Gasteiger partial charge on any atom is 0.115 e. The molecule has 0 aliphatic carbocycles. The summed E-state index contributed by atoms with van der Waals surface area (Å²) in [4.78, 5) is 10.7. The molecule has 1 N–H and O–H groups in total. The fraction of sp³-hybridized carbons (Fsp3) is 0.368. The molecule has 1 unspecified atom stereocenters. The van der Waals surface area contributed by atoms with E-state index in [9.17, 15) is 0 Å². The molecule has 3 saturated heterocycles. The SMILES string of the molecule is C/C=C/c1ccc(C2[C@@H]3CN(Cc4cncnc4)C[C@H]2N3)cc1. The maximum absolute atomic E-state index is 4.11. The molecule has 3 atom stereocenters. The Morgan fingerprint density at radius 3 is 2.48 bits per heavy atom. The van der Waals surface area contributed by atoms with Crippen LogP contribution in [0.3, 0.4) is 0 Å². The molecule has 3 fully saturated rings. The molecule has 1 aromatic carbocycles. The summed E-state index contributed by atoms with van der Waals surface area (Å²) in [5, 5.41) is 3.70. The highest BCUT2D eigenvalue weighted by Crippen LogP contribution is 2.37.